The second-order valence-electron chi connectivity index (χ2n) is 5.61. The summed E-state index contributed by atoms with van der Waals surface area (Å²) < 4.78 is 0. The Morgan fingerprint density at radius 3 is 2.40 bits per heavy atom. The van der Waals surface area contributed by atoms with E-state index in [-0.39, 0.29) is 37.5 Å². The minimum absolute atomic E-state index is 0.0176. The summed E-state index contributed by atoms with van der Waals surface area (Å²) in [7, 11) is 0. The van der Waals surface area contributed by atoms with Crippen molar-refractivity contribution in [3.8, 4) is 0 Å². The number of aliphatic hydroxyl groups excluding tert-OH is 2. The topological polar surface area (TPSA) is 98.7 Å². The molecule has 0 saturated heterocycles. The van der Waals surface area contributed by atoms with Gasteiger partial charge in [-0.2, -0.15) is 0 Å². The van der Waals surface area contributed by atoms with Gasteiger partial charge in [0.15, 0.2) is 0 Å². The third-order valence-electron chi connectivity index (χ3n) is 2.79. The summed E-state index contributed by atoms with van der Waals surface area (Å²) in [6.07, 6.45) is 1.97. The van der Waals surface area contributed by atoms with E-state index in [0.29, 0.717) is 6.42 Å². The van der Waals surface area contributed by atoms with Gasteiger partial charge in [-0.25, -0.2) is 0 Å². The van der Waals surface area contributed by atoms with Gasteiger partial charge < -0.3 is 20.8 Å². The number of allylic oxidation sites excluding steroid dienone is 1. The van der Waals surface area contributed by atoms with E-state index in [4.69, 9.17) is 10.2 Å². The zero-order valence-corrected chi connectivity index (χ0v) is 12.5. The van der Waals surface area contributed by atoms with E-state index in [1.807, 2.05) is 0 Å². The Morgan fingerprint density at radius 2 is 1.95 bits per heavy atom. The maximum atomic E-state index is 12.1. The fourth-order valence-corrected chi connectivity index (χ4v) is 1.56. The van der Waals surface area contributed by atoms with Crippen molar-refractivity contribution in [3.05, 3.63) is 12.7 Å². The van der Waals surface area contributed by atoms with Crippen LogP contribution >= 0.6 is 0 Å². The highest BCUT2D eigenvalue weighted by molar-refractivity contribution is 5.86. The van der Waals surface area contributed by atoms with Gasteiger partial charge >= 0.3 is 0 Å². The van der Waals surface area contributed by atoms with Crippen LogP contribution in [0.4, 0.5) is 0 Å². The van der Waals surface area contributed by atoms with E-state index in [2.05, 4.69) is 17.2 Å². The Morgan fingerprint density at radius 1 is 1.35 bits per heavy atom. The van der Waals surface area contributed by atoms with Gasteiger partial charge in [-0.1, -0.05) is 6.08 Å². The number of amides is 2. The minimum Gasteiger partial charge on any atom is -0.394 e. The van der Waals surface area contributed by atoms with Gasteiger partial charge in [-0.05, 0) is 27.2 Å². The maximum absolute atomic E-state index is 12.1. The number of aliphatic hydroxyl groups is 2. The van der Waals surface area contributed by atoms with Gasteiger partial charge in [0.2, 0.25) is 11.8 Å². The van der Waals surface area contributed by atoms with Gasteiger partial charge in [-0.15, -0.1) is 6.58 Å². The molecule has 0 radical (unpaired) electrons. The lowest BCUT2D eigenvalue weighted by molar-refractivity contribution is -0.132. The quantitative estimate of drug-likeness (QED) is 0.447. The SMILES string of the molecule is C=CC[C@H](CC(=O)N[C@@H](C)CO)C(=O)NC(C)(C)CO. The van der Waals surface area contributed by atoms with Crippen molar-refractivity contribution in [2.45, 2.75) is 45.2 Å². The van der Waals surface area contributed by atoms with Gasteiger partial charge in [0.1, 0.15) is 0 Å². The molecule has 6 nitrogen and oxygen atoms in total. The first-order valence-electron chi connectivity index (χ1n) is 6.69. The third-order valence-corrected chi connectivity index (χ3v) is 2.79. The zero-order valence-electron chi connectivity index (χ0n) is 12.5. The zero-order chi connectivity index (χ0) is 15.8. The van der Waals surface area contributed by atoms with Crippen LogP contribution in [-0.2, 0) is 9.59 Å². The lowest BCUT2D eigenvalue weighted by atomic mass is 9.97. The van der Waals surface area contributed by atoms with Crippen molar-refractivity contribution < 1.29 is 19.8 Å². The molecule has 0 aromatic carbocycles. The summed E-state index contributed by atoms with van der Waals surface area (Å²) >= 11 is 0. The highest BCUT2D eigenvalue weighted by Gasteiger charge is 2.26. The number of rotatable bonds is 9. The third kappa shape index (κ3) is 7.25. The van der Waals surface area contributed by atoms with Crippen LogP contribution in [0, 0.1) is 5.92 Å². The molecule has 0 fully saturated rings. The highest BCUT2D eigenvalue weighted by atomic mass is 16.3. The monoisotopic (exact) mass is 286 g/mol. The number of nitrogens with one attached hydrogen (secondary N) is 2. The molecule has 0 spiro atoms. The molecule has 0 heterocycles. The molecule has 0 unspecified atom stereocenters. The minimum atomic E-state index is -0.731. The lowest BCUT2D eigenvalue weighted by Crippen LogP contribution is -2.49. The molecule has 0 aliphatic rings. The first kappa shape index (κ1) is 18.6. The van der Waals surface area contributed by atoms with Crippen molar-refractivity contribution in [3.63, 3.8) is 0 Å². The molecule has 0 rings (SSSR count). The van der Waals surface area contributed by atoms with E-state index in [9.17, 15) is 9.59 Å². The smallest absolute Gasteiger partial charge is 0.224 e. The predicted molar refractivity (Wildman–Crippen MR) is 76.9 cm³/mol. The average Bonchev–Trinajstić information content (AvgIpc) is 2.37. The van der Waals surface area contributed by atoms with Crippen LogP contribution < -0.4 is 10.6 Å². The molecule has 116 valence electrons. The van der Waals surface area contributed by atoms with Gasteiger partial charge in [0.05, 0.1) is 24.7 Å². The first-order chi connectivity index (χ1) is 9.25. The van der Waals surface area contributed by atoms with Crippen LogP contribution in [0.2, 0.25) is 0 Å². The van der Waals surface area contributed by atoms with E-state index < -0.39 is 11.5 Å². The molecule has 0 bridgehead atoms. The van der Waals surface area contributed by atoms with Crippen LogP contribution in [-0.4, -0.2) is 46.8 Å². The predicted octanol–water partition coefficient (Wildman–Crippen LogP) is -0.0471. The molecule has 0 aromatic rings. The number of hydrogen-bond acceptors (Lipinski definition) is 4. The Labute approximate surface area is 120 Å². The molecule has 0 aliphatic carbocycles. The molecular formula is C14H26N2O4. The summed E-state index contributed by atoms with van der Waals surface area (Å²) in [6, 6.07) is -0.344. The van der Waals surface area contributed by atoms with E-state index >= 15 is 0 Å². The van der Waals surface area contributed by atoms with E-state index in [0.717, 1.165) is 0 Å². The van der Waals surface area contributed by atoms with E-state index in [1.54, 1.807) is 26.8 Å². The Balaban J connectivity index is 4.59. The van der Waals surface area contributed by atoms with Crippen LogP contribution in [0.1, 0.15) is 33.6 Å². The highest BCUT2D eigenvalue weighted by Crippen LogP contribution is 2.12. The number of hydrogen-bond donors (Lipinski definition) is 4. The Bertz CT molecular complexity index is 342. The summed E-state index contributed by atoms with van der Waals surface area (Å²) in [5.74, 6) is -1.13. The van der Waals surface area contributed by atoms with Crippen LogP contribution in [0.15, 0.2) is 12.7 Å². The fourth-order valence-electron chi connectivity index (χ4n) is 1.56. The summed E-state index contributed by atoms with van der Waals surface area (Å²) in [4.78, 5) is 23.9. The first-order valence-corrected chi connectivity index (χ1v) is 6.69. The molecule has 6 heteroatoms. The van der Waals surface area contributed by atoms with Crippen LogP contribution in [0.5, 0.6) is 0 Å². The molecule has 2 amide bonds. The van der Waals surface area contributed by atoms with Crippen molar-refractivity contribution in [1.82, 2.24) is 10.6 Å². The fraction of sp³-hybridized carbons (Fsp3) is 0.714. The molecule has 4 N–H and O–H groups in total. The average molecular weight is 286 g/mol. The number of carbonyl (C=O) groups excluding carboxylic acids is 2. The van der Waals surface area contributed by atoms with Gasteiger partial charge in [-0.3, -0.25) is 9.59 Å². The molecule has 20 heavy (non-hydrogen) atoms. The standard InChI is InChI=1S/C14H26N2O4/c1-5-6-11(7-12(19)15-10(2)8-17)13(20)16-14(3,4)9-18/h5,10-11,17-18H,1,6-9H2,2-4H3,(H,15,19)(H,16,20)/t10-,11+/m0/s1. The lowest BCUT2D eigenvalue weighted by Gasteiger charge is -2.26. The maximum Gasteiger partial charge on any atom is 0.224 e. The van der Waals surface area contributed by atoms with Crippen molar-refractivity contribution in [2.75, 3.05) is 13.2 Å². The van der Waals surface area contributed by atoms with Crippen LogP contribution in [0.3, 0.4) is 0 Å². The molecular weight excluding hydrogens is 260 g/mol. The van der Waals surface area contributed by atoms with Crippen molar-refractivity contribution in [2.24, 2.45) is 5.92 Å². The molecule has 0 aliphatic heterocycles. The second-order valence-corrected chi connectivity index (χ2v) is 5.61. The summed E-state index contributed by atoms with van der Waals surface area (Å²) in [5, 5.41) is 23.3. The van der Waals surface area contributed by atoms with Crippen molar-refractivity contribution >= 4 is 11.8 Å². The number of carbonyl (C=O) groups is 2. The molecule has 0 saturated carbocycles. The normalized spacial score (nSPS) is 14.2. The summed E-state index contributed by atoms with van der Waals surface area (Å²) in [6.45, 7) is 8.32. The van der Waals surface area contributed by atoms with Crippen LogP contribution in [0.25, 0.3) is 0 Å². The largest absolute Gasteiger partial charge is 0.394 e. The Hall–Kier alpha value is -1.40. The summed E-state index contributed by atoms with van der Waals surface area (Å²) in [5.41, 5.74) is -0.731. The Kier molecular flexibility index (Phi) is 8.10. The second kappa shape index (κ2) is 8.71. The van der Waals surface area contributed by atoms with Gasteiger partial charge in [0, 0.05) is 12.5 Å². The molecule has 0 aromatic heterocycles. The molecule has 2 atom stereocenters. The van der Waals surface area contributed by atoms with Gasteiger partial charge in [0.25, 0.3) is 0 Å². The van der Waals surface area contributed by atoms with Crippen molar-refractivity contribution in [1.29, 1.82) is 0 Å². The van der Waals surface area contributed by atoms with E-state index in [1.165, 1.54) is 0 Å².